The van der Waals surface area contributed by atoms with Crippen LogP contribution >= 0.6 is 22.9 Å². The van der Waals surface area contributed by atoms with Crippen molar-refractivity contribution in [2.24, 2.45) is 0 Å². The summed E-state index contributed by atoms with van der Waals surface area (Å²) in [6, 6.07) is 6.48. The summed E-state index contributed by atoms with van der Waals surface area (Å²) in [4.78, 5) is 10.1. The molecule has 0 saturated heterocycles. The number of thiazole rings is 1. The SMILES string of the molecule is CN(C)CCc1c[nH]c2ccc(-c3nc(CCl)cs3)cc12. The van der Waals surface area contributed by atoms with Crippen molar-refractivity contribution in [1.82, 2.24) is 14.9 Å². The Hall–Kier alpha value is -1.36. The van der Waals surface area contributed by atoms with Gasteiger partial charge in [0.1, 0.15) is 5.01 Å². The van der Waals surface area contributed by atoms with Crippen molar-refractivity contribution >= 4 is 33.8 Å². The molecule has 0 unspecified atom stereocenters. The van der Waals surface area contributed by atoms with E-state index in [1.165, 1.54) is 16.5 Å². The number of rotatable bonds is 5. The molecule has 0 aliphatic heterocycles. The minimum absolute atomic E-state index is 0.469. The lowest BCUT2D eigenvalue weighted by Gasteiger charge is -2.08. The summed E-state index contributed by atoms with van der Waals surface area (Å²) in [6.45, 7) is 1.05. The molecular weight excluding hydrogens is 302 g/mol. The molecule has 0 saturated carbocycles. The van der Waals surface area contributed by atoms with E-state index >= 15 is 0 Å². The van der Waals surface area contributed by atoms with Gasteiger partial charge in [0.2, 0.25) is 0 Å². The molecule has 1 N–H and O–H groups in total. The third-order valence-corrected chi connectivity index (χ3v) is 4.75. The molecule has 0 radical (unpaired) electrons. The summed E-state index contributed by atoms with van der Waals surface area (Å²) in [5, 5.41) is 4.35. The van der Waals surface area contributed by atoms with Crippen LogP contribution in [0.5, 0.6) is 0 Å². The molecule has 2 heterocycles. The molecule has 0 aliphatic rings. The van der Waals surface area contributed by atoms with Gasteiger partial charge in [0, 0.05) is 34.6 Å². The first-order valence-electron chi connectivity index (χ1n) is 6.93. The van der Waals surface area contributed by atoms with Crippen molar-refractivity contribution in [3.8, 4) is 10.6 Å². The smallest absolute Gasteiger partial charge is 0.123 e. The van der Waals surface area contributed by atoms with Gasteiger partial charge in [-0.2, -0.15) is 0 Å². The fourth-order valence-electron chi connectivity index (χ4n) is 2.36. The van der Waals surface area contributed by atoms with Crippen LogP contribution in [0.3, 0.4) is 0 Å². The Balaban J connectivity index is 1.96. The van der Waals surface area contributed by atoms with Gasteiger partial charge in [0.15, 0.2) is 0 Å². The Kier molecular flexibility index (Phi) is 4.29. The number of benzene rings is 1. The zero-order valence-electron chi connectivity index (χ0n) is 12.2. The number of hydrogen-bond acceptors (Lipinski definition) is 3. The second-order valence-corrected chi connectivity index (χ2v) is 6.53. The topological polar surface area (TPSA) is 31.9 Å². The highest BCUT2D eigenvalue weighted by Crippen LogP contribution is 2.29. The number of hydrogen-bond donors (Lipinski definition) is 1. The van der Waals surface area contributed by atoms with Crippen molar-refractivity contribution in [2.75, 3.05) is 20.6 Å². The van der Waals surface area contributed by atoms with Gasteiger partial charge in [-0.25, -0.2) is 4.98 Å². The normalized spacial score (nSPS) is 11.6. The average Bonchev–Trinajstić information content (AvgIpc) is 3.11. The van der Waals surface area contributed by atoms with Gasteiger partial charge in [-0.15, -0.1) is 22.9 Å². The Morgan fingerprint density at radius 1 is 1.33 bits per heavy atom. The first-order chi connectivity index (χ1) is 10.2. The van der Waals surface area contributed by atoms with Crippen molar-refractivity contribution in [2.45, 2.75) is 12.3 Å². The Bertz CT molecular complexity index is 745. The molecule has 3 aromatic rings. The zero-order valence-corrected chi connectivity index (χ0v) is 13.8. The molecule has 1 aromatic carbocycles. The molecule has 0 atom stereocenters. The van der Waals surface area contributed by atoms with Crippen LogP contribution in [0.25, 0.3) is 21.5 Å². The predicted octanol–water partition coefficient (Wildman–Crippen LogP) is 4.13. The van der Waals surface area contributed by atoms with E-state index in [1.54, 1.807) is 11.3 Å². The maximum absolute atomic E-state index is 5.84. The quantitative estimate of drug-likeness (QED) is 0.717. The predicted molar refractivity (Wildman–Crippen MR) is 91.2 cm³/mol. The monoisotopic (exact) mass is 319 g/mol. The van der Waals surface area contributed by atoms with Crippen LogP contribution in [0.1, 0.15) is 11.3 Å². The van der Waals surface area contributed by atoms with Crippen LogP contribution in [0, 0.1) is 0 Å². The van der Waals surface area contributed by atoms with Gasteiger partial charge in [-0.3, -0.25) is 0 Å². The number of likely N-dealkylation sites (N-methyl/N-ethyl adjacent to an activating group) is 1. The van der Waals surface area contributed by atoms with E-state index < -0.39 is 0 Å². The summed E-state index contributed by atoms with van der Waals surface area (Å²) in [6.07, 6.45) is 3.16. The van der Waals surface area contributed by atoms with E-state index in [1.807, 2.05) is 5.38 Å². The molecule has 2 aromatic heterocycles. The maximum atomic E-state index is 5.84. The third kappa shape index (κ3) is 3.12. The van der Waals surface area contributed by atoms with Crippen LogP contribution in [0.15, 0.2) is 29.8 Å². The van der Waals surface area contributed by atoms with E-state index in [4.69, 9.17) is 11.6 Å². The van der Waals surface area contributed by atoms with Crippen LogP contribution in [-0.4, -0.2) is 35.5 Å². The summed E-state index contributed by atoms with van der Waals surface area (Å²) >= 11 is 7.48. The van der Waals surface area contributed by atoms with Gasteiger partial charge in [0.25, 0.3) is 0 Å². The average molecular weight is 320 g/mol. The lowest BCUT2D eigenvalue weighted by molar-refractivity contribution is 0.414. The molecule has 0 aliphatic carbocycles. The number of H-pyrrole nitrogens is 1. The highest BCUT2D eigenvalue weighted by molar-refractivity contribution is 7.13. The molecule has 3 nitrogen and oxygen atoms in total. The van der Waals surface area contributed by atoms with Gasteiger partial charge >= 0.3 is 0 Å². The largest absolute Gasteiger partial charge is 0.361 e. The molecule has 3 rings (SSSR count). The summed E-state index contributed by atoms with van der Waals surface area (Å²) in [5.74, 6) is 0.469. The van der Waals surface area contributed by atoms with E-state index in [0.717, 1.165) is 29.2 Å². The van der Waals surface area contributed by atoms with E-state index in [2.05, 4.69) is 53.4 Å². The lowest BCUT2D eigenvalue weighted by Crippen LogP contribution is -2.14. The van der Waals surface area contributed by atoms with Crippen molar-refractivity contribution in [3.05, 3.63) is 41.0 Å². The Labute approximate surface area is 133 Å². The van der Waals surface area contributed by atoms with E-state index in [-0.39, 0.29) is 0 Å². The molecule has 0 spiro atoms. The molecular formula is C16H18ClN3S. The zero-order chi connectivity index (χ0) is 14.8. The highest BCUT2D eigenvalue weighted by atomic mass is 35.5. The van der Waals surface area contributed by atoms with Crippen LogP contribution < -0.4 is 0 Å². The number of nitrogens with zero attached hydrogens (tertiary/aromatic N) is 2. The van der Waals surface area contributed by atoms with Gasteiger partial charge in [0.05, 0.1) is 11.6 Å². The Morgan fingerprint density at radius 3 is 2.90 bits per heavy atom. The Morgan fingerprint density at radius 2 is 2.19 bits per heavy atom. The number of alkyl halides is 1. The molecule has 0 amide bonds. The summed E-state index contributed by atoms with van der Waals surface area (Å²) in [7, 11) is 4.20. The van der Waals surface area contributed by atoms with Crippen molar-refractivity contribution < 1.29 is 0 Å². The second kappa shape index (κ2) is 6.18. The highest BCUT2D eigenvalue weighted by Gasteiger charge is 2.09. The van der Waals surface area contributed by atoms with Gasteiger partial charge < -0.3 is 9.88 Å². The van der Waals surface area contributed by atoms with Crippen molar-refractivity contribution in [3.63, 3.8) is 0 Å². The number of nitrogens with one attached hydrogen (secondary N) is 1. The van der Waals surface area contributed by atoms with E-state index in [0.29, 0.717) is 5.88 Å². The van der Waals surface area contributed by atoms with Crippen molar-refractivity contribution in [1.29, 1.82) is 0 Å². The molecule has 5 heteroatoms. The fraction of sp³-hybridized carbons (Fsp3) is 0.312. The number of aromatic nitrogens is 2. The summed E-state index contributed by atoms with van der Waals surface area (Å²) in [5.41, 5.74) is 4.64. The van der Waals surface area contributed by atoms with Gasteiger partial charge in [-0.05, 0) is 44.3 Å². The third-order valence-electron chi connectivity index (χ3n) is 3.53. The minimum atomic E-state index is 0.469. The first kappa shape index (κ1) is 14.6. The van der Waals surface area contributed by atoms with E-state index in [9.17, 15) is 0 Å². The van der Waals surface area contributed by atoms with Crippen LogP contribution in [0.4, 0.5) is 0 Å². The van der Waals surface area contributed by atoms with Crippen LogP contribution in [-0.2, 0) is 12.3 Å². The van der Waals surface area contributed by atoms with Crippen LogP contribution in [0.2, 0.25) is 0 Å². The number of aromatic amines is 1. The molecule has 0 fully saturated rings. The standard InChI is InChI=1S/C16H18ClN3S/c1-20(2)6-5-12-9-18-15-4-3-11(7-14(12)15)16-19-13(8-17)10-21-16/h3-4,7,9-10,18H,5-6,8H2,1-2H3. The number of halogens is 1. The van der Waals surface area contributed by atoms with Gasteiger partial charge in [-0.1, -0.05) is 0 Å². The molecule has 110 valence electrons. The lowest BCUT2D eigenvalue weighted by atomic mass is 10.1. The number of fused-ring (bicyclic) bond motifs is 1. The maximum Gasteiger partial charge on any atom is 0.123 e. The minimum Gasteiger partial charge on any atom is -0.361 e. The molecule has 21 heavy (non-hydrogen) atoms. The summed E-state index contributed by atoms with van der Waals surface area (Å²) < 4.78 is 0. The first-order valence-corrected chi connectivity index (χ1v) is 8.34. The molecule has 0 bridgehead atoms. The fourth-order valence-corrected chi connectivity index (χ4v) is 3.41. The second-order valence-electron chi connectivity index (χ2n) is 5.41.